The molecule has 4 nitrogen and oxygen atoms in total. The van der Waals surface area contributed by atoms with E-state index in [1.54, 1.807) is 6.07 Å². The lowest BCUT2D eigenvalue weighted by molar-refractivity contribution is 0.598. The van der Waals surface area contributed by atoms with E-state index in [1.807, 2.05) is 0 Å². The van der Waals surface area contributed by atoms with Gasteiger partial charge in [0, 0.05) is 10.7 Å². The first-order valence-corrected chi connectivity index (χ1v) is 7.08. The van der Waals surface area contributed by atoms with Crippen LogP contribution < -0.4 is 10.5 Å². The highest BCUT2D eigenvalue weighted by Gasteiger charge is 2.16. The summed E-state index contributed by atoms with van der Waals surface area (Å²) >= 11 is 5.59. The number of benzene rings is 2. The van der Waals surface area contributed by atoms with Crippen LogP contribution in [0, 0.1) is 5.82 Å². The number of hydrogen-bond acceptors (Lipinski definition) is 3. The van der Waals surface area contributed by atoms with Gasteiger partial charge in [0.15, 0.2) is 0 Å². The van der Waals surface area contributed by atoms with Crippen molar-refractivity contribution in [3.05, 3.63) is 53.3 Å². The van der Waals surface area contributed by atoms with Crippen LogP contribution in [0.1, 0.15) is 0 Å². The molecule has 0 amide bonds. The zero-order valence-corrected chi connectivity index (χ0v) is 11.2. The molecule has 2 aromatic rings. The van der Waals surface area contributed by atoms with Gasteiger partial charge < -0.3 is 5.73 Å². The SMILES string of the molecule is Nc1cccc(S(=O)(=O)Nc2ccc(Cl)cc2F)c1. The fourth-order valence-electron chi connectivity index (χ4n) is 1.46. The summed E-state index contributed by atoms with van der Waals surface area (Å²) in [7, 11) is -3.88. The topological polar surface area (TPSA) is 72.2 Å². The molecule has 0 aliphatic carbocycles. The summed E-state index contributed by atoms with van der Waals surface area (Å²) < 4.78 is 39.7. The summed E-state index contributed by atoms with van der Waals surface area (Å²) in [6.45, 7) is 0. The number of sulfonamides is 1. The minimum Gasteiger partial charge on any atom is -0.399 e. The van der Waals surface area contributed by atoms with Crippen molar-refractivity contribution in [3.63, 3.8) is 0 Å². The lowest BCUT2D eigenvalue weighted by Crippen LogP contribution is -2.14. The predicted octanol–water partition coefficient (Wildman–Crippen LogP) is 2.86. The summed E-state index contributed by atoms with van der Waals surface area (Å²) in [5.74, 6) is -0.750. The molecule has 0 bridgehead atoms. The van der Waals surface area contributed by atoms with E-state index < -0.39 is 15.8 Å². The molecule has 100 valence electrons. The number of halogens is 2. The number of nitrogens with two attached hydrogens (primary N) is 1. The molecule has 2 aromatic carbocycles. The van der Waals surface area contributed by atoms with Crippen LogP contribution in [0.4, 0.5) is 15.8 Å². The van der Waals surface area contributed by atoms with E-state index in [0.717, 1.165) is 6.07 Å². The van der Waals surface area contributed by atoms with Crippen molar-refractivity contribution in [2.45, 2.75) is 4.90 Å². The Hall–Kier alpha value is -1.79. The molecule has 0 saturated heterocycles. The Balaban J connectivity index is 2.36. The molecule has 2 rings (SSSR count). The summed E-state index contributed by atoms with van der Waals surface area (Å²) in [6, 6.07) is 9.38. The van der Waals surface area contributed by atoms with Crippen LogP contribution in [-0.2, 0) is 10.0 Å². The Kier molecular flexibility index (Phi) is 3.64. The summed E-state index contributed by atoms with van der Waals surface area (Å²) in [4.78, 5) is -0.0400. The van der Waals surface area contributed by atoms with Gasteiger partial charge in [-0.2, -0.15) is 0 Å². The summed E-state index contributed by atoms with van der Waals surface area (Å²) in [5, 5.41) is 0.185. The van der Waals surface area contributed by atoms with Gasteiger partial charge in [0.1, 0.15) is 5.82 Å². The number of rotatable bonds is 3. The third-order valence-electron chi connectivity index (χ3n) is 2.34. The fraction of sp³-hybridized carbons (Fsp3) is 0. The van der Waals surface area contributed by atoms with E-state index in [0.29, 0.717) is 5.69 Å². The molecular formula is C12H10ClFN2O2S. The van der Waals surface area contributed by atoms with E-state index in [9.17, 15) is 12.8 Å². The zero-order chi connectivity index (χ0) is 14.0. The smallest absolute Gasteiger partial charge is 0.262 e. The first-order valence-electron chi connectivity index (χ1n) is 5.22. The number of nitrogens with one attached hydrogen (secondary N) is 1. The van der Waals surface area contributed by atoms with Crippen LogP contribution in [0.15, 0.2) is 47.4 Å². The van der Waals surface area contributed by atoms with Gasteiger partial charge in [0.2, 0.25) is 0 Å². The van der Waals surface area contributed by atoms with Crippen LogP contribution >= 0.6 is 11.6 Å². The van der Waals surface area contributed by atoms with Gasteiger partial charge in [0.05, 0.1) is 10.6 Å². The van der Waals surface area contributed by atoms with E-state index in [-0.39, 0.29) is 15.6 Å². The molecule has 3 N–H and O–H groups in total. The van der Waals surface area contributed by atoms with Crippen LogP contribution in [0.2, 0.25) is 5.02 Å². The Labute approximate surface area is 115 Å². The van der Waals surface area contributed by atoms with Gasteiger partial charge in [-0.3, -0.25) is 4.72 Å². The molecule has 0 aliphatic heterocycles. The van der Waals surface area contributed by atoms with Gasteiger partial charge in [-0.1, -0.05) is 17.7 Å². The maximum absolute atomic E-state index is 13.5. The van der Waals surface area contributed by atoms with Crippen LogP contribution in [0.25, 0.3) is 0 Å². The van der Waals surface area contributed by atoms with Gasteiger partial charge in [-0.05, 0) is 36.4 Å². The number of anilines is 2. The van der Waals surface area contributed by atoms with Crippen LogP contribution in [0.3, 0.4) is 0 Å². The van der Waals surface area contributed by atoms with Crippen molar-refractivity contribution in [1.29, 1.82) is 0 Å². The van der Waals surface area contributed by atoms with Crippen LogP contribution in [0.5, 0.6) is 0 Å². The third kappa shape index (κ3) is 3.15. The maximum atomic E-state index is 13.5. The van der Waals surface area contributed by atoms with Crippen LogP contribution in [-0.4, -0.2) is 8.42 Å². The average Bonchev–Trinajstić information content (AvgIpc) is 2.33. The Morgan fingerprint density at radius 1 is 1.16 bits per heavy atom. The second-order valence-electron chi connectivity index (χ2n) is 3.80. The highest BCUT2D eigenvalue weighted by atomic mass is 35.5. The molecule has 19 heavy (non-hydrogen) atoms. The first-order chi connectivity index (χ1) is 8.88. The fourth-order valence-corrected chi connectivity index (χ4v) is 2.74. The highest BCUT2D eigenvalue weighted by Crippen LogP contribution is 2.22. The standard InChI is InChI=1S/C12H10ClFN2O2S/c13-8-4-5-12(11(14)6-8)16-19(17,18)10-3-1-2-9(15)7-10/h1-7,16H,15H2. The average molecular weight is 301 g/mol. The minimum atomic E-state index is -3.88. The van der Waals surface area contributed by atoms with Crippen molar-refractivity contribution in [3.8, 4) is 0 Å². The first kappa shape index (κ1) is 13.6. The summed E-state index contributed by atoms with van der Waals surface area (Å²) in [6.07, 6.45) is 0. The highest BCUT2D eigenvalue weighted by molar-refractivity contribution is 7.92. The molecule has 0 heterocycles. The van der Waals surface area contributed by atoms with E-state index >= 15 is 0 Å². The van der Waals surface area contributed by atoms with Gasteiger partial charge in [0.25, 0.3) is 10.0 Å². The number of nitrogen functional groups attached to an aromatic ring is 1. The van der Waals surface area contributed by atoms with Crippen molar-refractivity contribution in [2.24, 2.45) is 0 Å². The molecular weight excluding hydrogens is 291 g/mol. The second kappa shape index (κ2) is 5.07. The quantitative estimate of drug-likeness (QED) is 0.856. The molecule has 0 unspecified atom stereocenters. The molecule has 0 radical (unpaired) electrons. The summed E-state index contributed by atoms with van der Waals surface area (Å²) in [5.41, 5.74) is 5.65. The molecule has 0 atom stereocenters. The third-order valence-corrected chi connectivity index (χ3v) is 3.94. The zero-order valence-electron chi connectivity index (χ0n) is 9.60. The minimum absolute atomic E-state index is 0.0400. The van der Waals surface area contributed by atoms with Gasteiger partial charge in [-0.15, -0.1) is 0 Å². The number of hydrogen-bond donors (Lipinski definition) is 2. The van der Waals surface area contributed by atoms with Gasteiger partial charge in [-0.25, -0.2) is 12.8 Å². The normalized spacial score (nSPS) is 11.3. The molecule has 0 aromatic heterocycles. The molecule has 0 aliphatic rings. The van der Waals surface area contributed by atoms with Crippen molar-refractivity contribution < 1.29 is 12.8 Å². The molecule has 7 heteroatoms. The lowest BCUT2D eigenvalue weighted by atomic mass is 10.3. The van der Waals surface area contributed by atoms with Gasteiger partial charge >= 0.3 is 0 Å². The maximum Gasteiger partial charge on any atom is 0.262 e. The molecule has 0 spiro atoms. The Bertz CT molecular complexity index is 719. The van der Waals surface area contributed by atoms with Crippen molar-refractivity contribution in [1.82, 2.24) is 0 Å². The Morgan fingerprint density at radius 3 is 2.53 bits per heavy atom. The van der Waals surface area contributed by atoms with E-state index in [1.165, 1.54) is 30.3 Å². The van der Waals surface area contributed by atoms with Crippen molar-refractivity contribution in [2.75, 3.05) is 10.5 Å². The predicted molar refractivity (Wildman–Crippen MR) is 73.1 cm³/mol. The molecule has 0 saturated carbocycles. The molecule has 0 fully saturated rings. The Morgan fingerprint density at radius 2 is 1.89 bits per heavy atom. The van der Waals surface area contributed by atoms with E-state index in [4.69, 9.17) is 17.3 Å². The monoisotopic (exact) mass is 300 g/mol. The van der Waals surface area contributed by atoms with Crippen molar-refractivity contribution >= 4 is 33.0 Å². The largest absolute Gasteiger partial charge is 0.399 e. The second-order valence-corrected chi connectivity index (χ2v) is 5.92. The lowest BCUT2D eigenvalue weighted by Gasteiger charge is -2.09. The van der Waals surface area contributed by atoms with E-state index in [2.05, 4.69) is 4.72 Å².